The molecular weight excluding hydrogens is 656 g/mol. The van der Waals surface area contributed by atoms with Crippen molar-refractivity contribution in [3.8, 4) is 0 Å². The van der Waals surface area contributed by atoms with Crippen molar-refractivity contribution < 1.29 is 45.1 Å². The number of ether oxygens (including phenoxy) is 1. The van der Waals surface area contributed by atoms with Crippen LogP contribution >= 0.6 is 0 Å². The Bertz CT molecular complexity index is 2130. The number of morpholine rings is 1. The van der Waals surface area contributed by atoms with E-state index in [1.165, 1.54) is 52.7 Å². The Morgan fingerprint density at radius 2 is 1.32 bits per heavy atom. The first-order valence-electron chi connectivity index (χ1n) is 14.1. The molecule has 5 N–H and O–H groups in total. The highest BCUT2D eigenvalue weighted by atomic mass is 32.2. The third-order valence-electron chi connectivity index (χ3n) is 7.45. The van der Waals surface area contributed by atoms with Gasteiger partial charge in [0.1, 0.15) is 21.2 Å². The molecule has 0 aliphatic carbocycles. The number of aryl methyl sites for hydroxylation is 2. The second-order valence-corrected chi connectivity index (χ2v) is 13.9. The van der Waals surface area contributed by atoms with Crippen LogP contribution in [0.15, 0.2) is 64.6 Å². The number of fused-ring (bicyclic) bond motifs is 1. The zero-order chi connectivity index (χ0) is 34.4. The highest BCUT2D eigenvalue weighted by Gasteiger charge is 2.27. The van der Waals surface area contributed by atoms with Crippen LogP contribution in [0.5, 0.6) is 0 Å². The van der Waals surface area contributed by atoms with Crippen molar-refractivity contribution in [1.82, 2.24) is 14.0 Å². The summed E-state index contributed by atoms with van der Waals surface area (Å²) in [7, 11) is -6.62. The van der Waals surface area contributed by atoms with Gasteiger partial charge in [-0.05, 0) is 38.1 Å². The quantitative estimate of drug-likeness (QED) is 0.179. The second kappa shape index (κ2) is 12.5. The molecular formula is C29H32N6O10S2. The maximum Gasteiger partial charge on any atom is 0.322 e. The van der Waals surface area contributed by atoms with Gasteiger partial charge in [-0.2, -0.15) is 16.8 Å². The Balaban J connectivity index is 1.34. The van der Waals surface area contributed by atoms with Gasteiger partial charge in [0, 0.05) is 50.4 Å². The van der Waals surface area contributed by atoms with E-state index in [0.29, 0.717) is 18.8 Å². The number of hydrogen-bond donors (Lipinski definition) is 5. The smallest absolute Gasteiger partial charge is 0.322 e. The highest BCUT2D eigenvalue weighted by molar-refractivity contribution is 7.86. The molecule has 1 aliphatic heterocycles. The van der Waals surface area contributed by atoms with Gasteiger partial charge in [-0.1, -0.05) is 18.2 Å². The first-order valence-corrected chi connectivity index (χ1v) is 17.0. The number of aromatic nitrogens is 2. The topological polar surface area (TPSA) is 218 Å². The minimum Gasteiger partial charge on any atom is -0.372 e. The SMILES string of the molecule is CC1CN(C(=O)Nc2cc(C(=O)Nc3cc(C(=O)Nc4ccc5c(S(=O)(=O)O)cccc5c4S(=O)(=O)O)n(C)c3)n(C)c2)CC(C)O1. The number of rotatable bonds is 7. The minimum atomic E-state index is -5.01. The standard InChI is InChI=1S/C29H32N6O10S2/c1-16-12-35(13-17(2)45-16)29(38)31-19-11-23(34(4)15-19)27(36)30-18-10-24(33(3)14-18)28(37)32-22-9-8-20-21(26(22)47(42,43)44)6-5-7-25(20)46(39,40)41/h5-11,14-17H,12-13H2,1-4H3,(H,30,36)(H,31,38)(H,32,37)(H,39,40,41)(H,42,43,44). The number of hydrogen-bond acceptors (Lipinski definition) is 8. The van der Waals surface area contributed by atoms with Gasteiger partial charge in [-0.3, -0.25) is 18.7 Å². The Hall–Kier alpha value is -4.75. The van der Waals surface area contributed by atoms with Gasteiger partial charge < -0.3 is 34.7 Å². The van der Waals surface area contributed by atoms with Crippen LogP contribution in [0.25, 0.3) is 10.8 Å². The van der Waals surface area contributed by atoms with Gasteiger partial charge in [-0.15, -0.1) is 0 Å². The Morgan fingerprint density at radius 1 is 0.766 bits per heavy atom. The largest absolute Gasteiger partial charge is 0.372 e. The first-order chi connectivity index (χ1) is 21.9. The van der Waals surface area contributed by atoms with Crippen LogP contribution in [-0.2, 0) is 39.1 Å². The summed E-state index contributed by atoms with van der Waals surface area (Å²) in [5.41, 5.74) is 0.455. The van der Waals surface area contributed by atoms with E-state index in [1.54, 1.807) is 18.1 Å². The Kier molecular flexibility index (Phi) is 8.91. The van der Waals surface area contributed by atoms with Crippen molar-refractivity contribution in [2.45, 2.75) is 35.8 Å². The van der Waals surface area contributed by atoms with E-state index in [2.05, 4.69) is 16.0 Å². The van der Waals surface area contributed by atoms with Gasteiger partial charge in [-0.25, -0.2) is 4.79 Å². The van der Waals surface area contributed by atoms with E-state index >= 15 is 0 Å². The summed E-state index contributed by atoms with van der Waals surface area (Å²) in [6.45, 7) is 4.61. The van der Waals surface area contributed by atoms with Crippen LogP contribution in [0.2, 0.25) is 0 Å². The number of urea groups is 1. The molecule has 2 aromatic heterocycles. The lowest BCUT2D eigenvalue weighted by atomic mass is 10.1. The molecule has 5 rings (SSSR count). The normalized spacial score (nSPS) is 17.0. The Morgan fingerprint density at radius 3 is 1.87 bits per heavy atom. The average Bonchev–Trinajstić information content (AvgIpc) is 3.51. The van der Waals surface area contributed by atoms with E-state index in [9.17, 15) is 40.3 Å². The molecule has 1 fully saturated rings. The van der Waals surface area contributed by atoms with Crippen LogP contribution in [-0.4, -0.2) is 83.1 Å². The van der Waals surface area contributed by atoms with Crippen LogP contribution in [0.1, 0.15) is 34.8 Å². The molecule has 0 bridgehead atoms. The van der Waals surface area contributed by atoms with E-state index in [-0.39, 0.29) is 51.8 Å². The van der Waals surface area contributed by atoms with Gasteiger partial charge >= 0.3 is 6.03 Å². The third-order valence-corrected chi connectivity index (χ3v) is 9.31. The van der Waals surface area contributed by atoms with Crippen molar-refractivity contribution in [3.05, 3.63) is 66.2 Å². The van der Waals surface area contributed by atoms with Crippen molar-refractivity contribution in [2.24, 2.45) is 14.1 Å². The summed E-state index contributed by atoms with van der Waals surface area (Å²) >= 11 is 0. The molecule has 2 unspecified atom stereocenters. The molecule has 0 radical (unpaired) electrons. The summed E-state index contributed by atoms with van der Waals surface area (Å²) in [4.78, 5) is 39.5. The molecule has 0 saturated carbocycles. The fourth-order valence-electron chi connectivity index (χ4n) is 5.55. The maximum atomic E-state index is 13.3. The molecule has 1 saturated heterocycles. The summed E-state index contributed by atoms with van der Waals surface area (Å²) < 4.78 is 76.5. The fraction of sp³-hybridized carbons (Fsp3) is 0.276. The molecule has 1 aliphatic rings. The van der Waals surface area contributed by atoms with Gasteiger partial charge in [0.15, 0.2) is 0 Å². The molecule has 2 aromatic carbocycles. The van der Waals surface area contributed by atoms with Gasteiger partial charge in [0.25, 0.3) is 32.1 Å². The summed E-state index contributed by atoms with van der Waals surface area (Å²) in [6.07, 6.45) is 2.80. The monoisotopic (exact) mass is 688 g/mol. The second-order valence-electron chi connectivity index (χ2n) is 11.2. The van der Waals surface area contributed by atoms with Crippen molar-refractivity contribution in [1.29, 1.82) is 0 Å². The van der Waals surface area contributed by atoms with Crippen LogP contribution in [0.3, 0.4) is 0 Å². The number of benzene rings is 2. The van der Waals surface area contributed by atoms with Gasteiger partial charge in [0.05, 0.1) is 29.3 Å². The van der Waals surface area contributed by atoms with Gasteiger partial charge in [0.2, 0.25) is 0 Å². The van der Waals surface area contributed by atoms with Crippen molar-refractivity contribution in [3.63, 3.8) is 0 Å². The predicted molar refractivity (Wildman–Crippen MR) is 171 cm³/mol. The summed E-state index contributed by atoms with van der Waals surface area (Å²) in [5.74, 6) is -1.36. The first kappa shape index (κ1) is 33.6. The Labute approximate surface area is 269 Å². The molecule has 16 nitrogen and oxygen atoms in total. The molecule has 3 heterocycles. The number of anilines is 3. The number of amides is 4. The van der Waals surface area contributed by atoms with E-state index in [4.69, 9.17) is 4.74 Å². The molecule has 18 heteroatoms. The lowest BCUT2D eigenvalue weighted by Crippen LogP contribution is -2.49. The number of carbonyl (C=O) groups excluding carboxylic acids is 3. The molecule has 4 amide bonds. The van der Waals surface area contributed by atoms with Crippen LogP contribution < -0.4 is 16.0 Å². The maximum absolute atomic E-state index is 13.3. The van der Waals surface area contributed by atoms with Crippen LogP contribution in [0, 0.1) is 0 Å². The van der Waals surface area contributed by atoms with E-state index in [1.807, 2.05) is 13.8 Å². The predicted octanol–water partition coefficient (Wildman–Crippen LogP) is 3.16. The zero-order valence-electron chi connectivity index (χ0n) is 25.6. The molecule has 4 aromatic rings. The van der Waals surface area contributed by atoms with E-state index in [0.717, 1.165) is 12.1 Å². The lowest BCUT2D eigenvalue weighted by molar-refractivity contribution is -0.0530. The average molecular weight is 689 g/mol. The van der Waals surface area contributed by atoms with Crippen LogP contribution in [0.4, 0.5) is 21.9 Å². The van der Waals surface area contributed by atoms with Crippen molar-refractivity contribution >= 4 is 65.9 Å². The summed E-state index contributed by atoms with van der Waals surface area (Å²) in [6, 6.07) is 8.21. The minimum absolute atomic E-state index is 0.0119. The molecule has 250 valence electrons. The van der Waals surface area contributed by atoms with Crippen molar-refractivity contribution in [2.75, 3.05) is 29.0 Å². The summed E-state index contributed by atoms with van der Waals surface area (Å²) in [5, 5.41) is 7.43. The van der Waals surface area contributed by atoms with E-state index < -0.39 is 41.8 Å². The fourth-order valence-corrected chi connectivity index (χ4v) is 7.11. The number of carbonyl (C=O) groups is 3. The third kappa shape index (κ3) is 7.15. The number of nitrogens with zero attached hydrogens (tertiary/aromatic N) is 3. The highest BCUT2D eigenvalue weighted by Crippen LogP contribution is 2.34. The zero-order valence-corrected chi connectivity index (χ0v) is 27.2. The molecule has 0 spiro atoms. The molecule has 47 heavy (non-hydrogen) atoms. The molecule has 2 atom stereocenters. The lowest BCUT2D eigenvalue weighted by Gasteiger charge is -2.35. The number of nitrogens with one attached hydrogen (secondary N) is 3.